The van der Waals surface area contributed by atoms with Crippen molar-refractivity contribution in [2.75, 3.05) is 18.1 Å². The Morgan fingerprint density at radius 1 is 1.36 bits per heavy atom. The zero-order valence-corrected chi connectivity index (χ0v) is 13.3. The molecule has 2 aromatic rings. The van der Waals surface area contributed by atoms with Crippen molar-refractivity contribution in [3.05, 3.63) is 36.4 Å². The molecular weight excluding hydrogens is 302 g/mol. The van der Waals surface area contributed by atoms with Crippen LogP contribution in [0.15, 0.2) is 35.2 Å². The molecule has 0 spiro atoms. The molecule has 1 aliphatic rings. The number of rotatable bonds is 5. The molecule has 3 heterocycles. The van der Waals surface area contributed by atoms with Gasteiger partial charge >= 0.3 is 0 Å². The quantitative estimate of drug-likeness (QED) is 0.835. The molecule has 0 unspecified atom stereocenters. The molecule has 0 aromatic carbocycles. The maximum Gasteiger partial charge on any atom is 0.195 e. The molecule has 1 fully saturated rings. The standard InChI is InChI=1S/C15H19N3O3S/c1-2-18(13-5-7-22(19,20)11-13)10-12-8-16-15(17-9-12)14-4-3-6-21-14/h3-4,6,8-9,13H,2,5,7,10-11H2,1H3/t13-/m0/s1. The van der Waals surface area contributed by atoms with Gasteiger partial charge in [-0.2, -0.15) is 0 Å². The van der Waals surface area contributed by atoms with Gasteiger partial charge in [0.1, 0.15) is 0 Å². The molecule has 2 aromatic heterocycles. The van der Waals surface area contributed by atoms with Crippen molar-refractivity contribution in [1.29, 1.82) is 0 Å². The Morgan fingerprint density at radius 2 is 2.14 bits per heavy atom. The van der Waals surface area contributed by atoms with Crippen LogP contribution < -0.4 is 0 Å². The number of nitrogens with zero attached hydrogens (tertiary/aromatic N) is 3. The number of hydrogen-bond donors (Lipinski definition) is 0. The summed E-state index contributed by atoms with van der Waals surface area (Å²) in [5, 5.41) is 0. The summed E-state index contributed by atoms with van der Waals surface area (Å²) < 4.78 is 28.5. The van der Waals surface area contributed by atoms with Crippen molar-refractivity contribution < 1.29 is 12.8 Å². The largest absolute Gasteiger partial charge is 0.461 e. The Bertz CT molecular complexity index is 711. The van der Waals surface area contributed by atoms with Crippen molar-refractivity contribution in [3.63, 3.8) is 0 Å². The van der Waals surface area contributed by atoms with Crippen LogP contribution in [0.5, 0.6) is 0 Å². The molecule has 0 aliphatic carbocycles. The summed E-state index contributed by atoms with van der Waals surface area (Å²) in [5.41, 5.74) is 0.974. The smallest absolute Gasteiger partial charge is 0.195 e. The maximum atomic E-state index is 11.6. The second-order valence-corrected chi connectivity index (χ2v) is 7.74. The molecule has 1 atom stereocenters. The van der Waals surface area contributed by atoms with Crippen LogP contribution in [0, 0.1) is 0 Å². The number of hydrogen-bond acceptors (Lipinski definition) is 6. The summed E-state index contributed by atoms with van der Waals surface area (Å²) in [6, 6.07) is 3.71. The highest BCUT2D eigenvalue weighted by molar-refractivity contribution is 7.91. The summed E-state index contributed by atoms with van der Waals surface area (Å²) in [6.45, 7) is 3.51. The average Bonchev–Trinajstić information content (AvgIpc) is 3.15. The van der Waals surface area contributed by atoms with Crippen molar-refractivity contribution in [1.82, 2.24) is 14.9 Å². The molecule has 0 N–H and O–H groups in total. The van der Waals surface area contributed by atoms with Crippen LogP contribution in [0.1, 0.15) is 18.9 Å². The minimum Gasteiger partial charge on any atom is -0.461 e. The lowest BCUT2D eigenvalue weighted by atomic mass is 10.2. The molecule has 0 amide bonds. The summed E-state index contributed by atoms with van der Waals surface area (Å²) in [5.74, 6) is 1.75. The fraction of sp³-hybridized carbons (Fsp3) is 0.467. The monoisotopic (exact) mass is 321 g/mol. The highest BCUT2D eigenvalue weighted by Crippen LogP contribution is 2.20. The summed E-state index contributed by atoms with van der Waals surface area (Å²) in [4.78, 5) is 10.8. The molecule has 0 bridgehead atoms. The van der Waals surface area contributed by atoms with Gasteiger partial charge in [-0.25, -0.2) is 18.4 Å². The summed E-state index contributed by atoms with van der Waals surface area (Å²) in [6.07, 6.45) is 5.85. The van der Waals surface area contributed by atoms with Gasteiger partial charge in [-0.3, -0.25) is 4.90 Å². The van der Waals surface area contributed by atoms with Crippen LogP contribution in [0.4, 0.5) is 0 Å². The molecule has 0 saturated carbocycles. The van der Waals surface area contributed by atoms with Gasteiger partial charge in [0.25, 0.3) is 0 Å². The summed E-state index contributed by atoms with van der Waals surface area (Å²) >= 11 is 0. The van der Waals surface area contributed by atoms with E-state index in [1.54, 1.807) is 24.7 Å². The fourth-order valence-corrected chi connectivity index (χ4v) is 4.53. The molecule has 118 valence electrons. The van der Waals surface area contributed by atoms with E-state index in [0.717, 1.165) is 12.1 Å². The zero-order valence-electron chi connectivity index (χ0n) is 12.5. The molecule has 0 radical (unpaired) electrons. The van der Waals surface area contributed by atoms with Gasteiger partial charge in [0.15, 0.2) is 21.4 Å². The number of sulfone groups is 1. The third-order valence-electron chi connectivity index (χ3n) is 3.96. The highest BCUT2D eigenvalue weighted by atomic mass is 32.2. The Morgan fingerprint density at radius 3 is 2.68 bits per heavy atom. The lowest BCUT2D eigenvalue weighted by molar-refractivity contribution is 0.214. The second kappa shape index (κ2) is 6.18. The maximum absolute atomic E-state index is 11.6. The van der Waals surface area contributed by atoms with E-state index in [1.165, 1.54) is 0 Å². The molecule has 3 rings (SSSR count). The van der Waals surface area contributed by atoms with E-state index >= 15 is 0 Å². The predicted octanol–water partition coefficient (Wildman–Crippen LogP) is 1.75. The van der Waals surface area contributed by atoms with Gasteiger partial charge in [0.2, 0.25) is 0 Å². The lowest BCUT2D eigenvalue weighted by Crippen LogP contribution is -2.35. The number of furan rings is 1. The minimum atomic E-state index is -2.86. The summed E-state index contributed by atoms with van der Waals surface area (Å²) in [7, 11) is -2.86. The van der Waals surface area contributed by atoms with Gasteiger partial charge in [-0.15, -0.1) is 0 Å². The fourth-order valence-electron chi connectivity index (χ4n) is 2.77. The lowest BCUT2D eigenvalue weighted by Gasteiger charge is -2.26. The van der Waals surface area contributed by atoms with E-state index in [-0.39, 0.29) is 11.8 Å². The Kier molecular flexibility index (Phi) is 4.26. The van der Waals surface area contributed by atoms with Crippen LogP contribution in [-0.2, 0) is 16.4 Å². The Hall–Kier alpha value is -1.73. The second-order valence-electron chi connectivity index (χ2n) is 5.51. The third-order valence-corrected chi connectivity index (χ3v) is 5.71. The van der Waals surface area contributed by atoms with Crippen LogP contribution in [0.2, 0.25) is 0 Å². The first kappa shape index (κ1) is 15.2. The van der Waals surface area contributed by atoms with E-state index in [4.69, 9.17) is 4.42 Å². The highest BCUT2D eigenvalue weighted by Gasteiger charge is 2.31. The minimum absolute atomic E-state index is 0.0970. The van der Waals surface area contributed by atoms with E-state index in [0.29, 0.717) is 30.3 Å². The van der Waals surface area contributed by atoms with Crippen LogP contribution >= 0.6 is 0 Å². The van der Waals surface area contributed by atoms with Gasteiger partial charge in [-0.05, 0) is 25.1 Å². The van der Waals surface area contributed by atoms with Crippen molar-refractivity contribution in [3.8, 4) is 11.6 Å². The van der Waals surface area contributed by atoms with Gasteiger partial charge < -0.3 is 4.42 Å². The molecule has 7 heteroatoms. The zero-order chi connectivity index (χ0) is 15.6. The molecule has 1 aliphatic heterocycles. The van der Waals surface area contributed by atoms with Crippen molar-refractivity contribution in [2.24, 2.45) is 0 Å². The predicted molar refractivity (Wildman–Crippen MR) is 82.9 cm³/mol. The van der Waals surface area contributed by atoms with E-state index < -0.39 is 9.84 Å². The Balaban J connectivity index is 1.69. The van der Waals surface area contributed by atoms with E-state index in [9.17, 15) is 8.42 Å². The van der Waals surface area contributed by atoms with Gasteiger partial charge in [-0.1, -0.05) is 6.92 Å². The third kappa shape index (κ3) is 3.36. The molecule has 1 saturated heterocycles. The van der Waals surface area contributed by atoms with Crippen molar-refractivity contribution >= 4 is 9.84 Å². The SMILES string of the molecule is CCN(Cc1cnc(-c2ccco2)nc1)[C@H]1CCS(=O)(=O)C1. The molecular formula is C15H19N3O3S. The van der Waals surface area contributed by atoms with Crippen molar-refractivity contribution in [2.45, 2.75) is 25.9 Å². The van der Waals surface area contributed by atoms with E-state index in [1.807, 2.05) is 13.0 Å². The first-order valence-corrected chi connectivity index (χ1v) is 9.19. The molecule has 22 heavy (non-hydrogen) atoms. The molecule has 6 nitrogen and oxygen atoms in total. The first-order chi connectivity index (χ1) is 10.6. The normalized spacial score (nSPS) is 20.5. The van der Waals surface area contributed by atoms with Crippen LogP contribution in [-0.4, -0.2) is 47.4 Å². The van der Waals surface area contributed by atoms with Gasteiger partial charge in [0, 0.05) is 30.5 Å². The van der Waals surface area contributed by atoms with Crippen LogP contribution in [0.25, 0.3) is 11.6 Å². The Labute approximate surface area is 130 Å². The van der Waals surface area contributed by atoms with E-state index in [2.05, 4.69) is 14.9 Å². The first-order valence-electron chi connectivity index (χ1n) is 7.36. The van der Waals surface area contributed by atoms with Crippen LogP contribution in [0.3, 0.4) is 0 Å². The van der Waals surface area contributed by atoms with Gasteiger partial charge in [0.05, 0.1) is 17.8 Å². The average molecular weight is 321 g/mol. The topological polar surface area (TPSA) is 76.3 Å². The number of aromatic nitrogens is 2.